The van der Waals surface area contributed by atoms with E-state index in [1.807, 2.05) is 13.0 Å². The highest BCUT2D eigenvalue weighted by Crippen LogP contribution is 2.33. The molecule has 106 valence electrons. The summed E-state index contributed by atoms with van der Waals surface area (Å²) in [5.41, 5.74) is 0.256. The van der Waals surface area contributed by atoms with Crippen LogP contribution < -0.4 is 10.1 Å². The third kappa shape index (κ3) is 3.15. The maximum Gasteiger partial charge on any atom is 0.218 e. The summed E-state index contributed by atoms with van der Waals surface area (Å²) < 4.78 is 5.18. The maximum absolute atomic E-state index is 5.18. The minimum absolute atomic E-state index is 0.256. The first kappa shape index (κ1) is 14.1. The van der Waals surface area contributed by atoms with Gasteiger partial charge < -0.3 is 15.0 Å². The van der Waals surface area contributed by atoms with Gasteiger partial charge in [0, 0.05) is 18.2 Å². The fraction of sp³-hybridized carbons (Fsp3) is 0.714. The van der Waals surface area contributed by atoms with Crippen molar-refractivity contribution in [2.45, 2.75) is 38.1 Å². The summed E-state index contributed by atoms with van der Waals surface area (Å²) in [4.78, 5) is 11.0. The number of rotatable bonds is 5. The van der Waals surface area contributed by atoms with Gasteiger partial charge in [-0.05, 0) is 33.9 Å². The summed E-state index contributed by atoms with van der Waals surface area (Å²) in [5.74, 6) is 2.19. The molecule has 0 aliphatic heterocycles. The molecule has 1 aliphatic rings. The molecule has 0 atom stereocenters. The van der Waals surface area contributed by atoms with Gasteiger partial charge >= 0.3 is 0 Å². The third-order valence-corrected chi connectivity index (χ3v) is 4.11. The number of aromatic nitrogens is 2. The predicted molar refractivity (Wildman–Crippen MR) is 76.7 cm³/mol. The molecule has 1 aromatic rings. The van der Waals surface area contributed by atoms with E-state index >= 15 is 0 Å². The second-order valence-corrected chi connectivity index (χ2v) is 5.52. The second-order valence-electron chi connectivity index (χ2n) is 5.52. The average Bonchev–Trinajstić information content (AvgIpc) is 2.86. The van der Waals surface area contributed by atoms with E-state index in [4.69, 9.17) is 4.74 Å². The summed E-state index contributed by atoms with van der Waals surface area (Å²) in [6.07, 6.45) is 5.11. The zero-order valence-electron chi connectivity index (χ0n) is 12.4. The van der Waals surface area contributed by atoms with Gasteiger partial charge in [-0.1, -0.05) is 12.8 Å². The van der Waals surface area contributed by atoms with E-state index in [0.29, 0.717) is 5.88 Å². The first-order chi connectivity index (χ1) is 9.05. The van der Waals surface area contributed by atoms with E-state index in [0.717, 1.165) is 18.2 Å². The molecule has 0 amide bonds. The Morgan fingerprint density at radius 1 is 1.32 bits per heavy atom. The molecule has 0 unspecified atom stereocenters. The molecule has 5 nitrogen and oxygen atoms in total. The molecule has 0 radical (unpaired) electrons. The van der Waals surface area contributed by atoms with Crippen molar-refractivity contribution in [3.63, 3.8) is 0 Å². The van der Waals surface area contributed by atoms with Gasteiger partial charge in [-0.15, -0.1) is 0 Å². The van der Waals surface area contributed by atoms with Crippen LogP contribution in [0.3, 0.4) is 0 Å². The molecule has 1 saturated carbocycles. The quantitative estimate of drug-likeness (QED) is 0.882. The molecule has 2 rings (SSSR count). The fourth-order valence-corrected chi connectivity index (χ4v) is 2.81. The molecular weight excluding hydrogens is 240 g/mol. The van der Waals surface area contributed by atoms with Crippen LogP contribution in [0.1, 0.15) is 31.5 Å². The van der Waals surface area contributed by atoms with Crippen molar-refractivity contribution in [1.82, 2.24) is 14.9 Å². The number of nitrogens with zero attached hydrogens (tertiary/aromatic N) is 3. The summed E-state index contributed by atoms with van der Waals surface area (Å²) in [5, 5.41) is 3.45. The van der Waals surface area contributed by atoms with Gasteiger partial charge in [-0.25, -0.2) is 4.98 Å². The number of hydrogen-bond acceptors (Lipinski definition) is 5. The Bertz CT molecular complexity index is 427. The standard InChI is InChI=1S/C14H24N4O/c1-11-16-12(9-13(17-11)19-4)15-10-14(18(2)3)7-5-6-8-14/h9H,5-8,10H2,1-4H3,(H,15,16,17). The smallest absolute Gasteiger partial charge is 0.218 e. The topological polar surface area (TPSA) is 50.3 Å². The SMILES string of the molecule is COc1cc(NCC2(N(C)C)CCCC2)nc(C)n1. The molecule has 0 aromatic carbocycles. The van der Waals surface area contributed by atoms with Crippen molar-refractivity contribution >= 4 is 5.82 Å². The molecule has 0 bridgehead atoms. The van der Waals surface area contributed by atoms with Crippen molar-refractivity contribution in [2.24, 2.45) is 0 Å². The second kappa shape index (κ2) is 5.74. The number of ether oxygens (including phenoxy) is 1. The first-order valence-electron chi connectivity index (χ1n) is 6.87. The van der Waals surface area contributed by atoms with Gasteiger partial charge in [0.05, 0.1) is 7.11 Å². The third-order valence-electron chi connectivity index (χ3n) is 4.11. The van der Waals surface area contributed by atoms with E-state index in [9.17, 15) is 0 Å². The van der Waals surface area contributed by atoms with E-state index in [2.05, 4.69) is 34.3 Å². The largest absolute Gasteiger partial charge is 0.481 e. The number of likely N-dealkylation sites (N-methyl/N-ethyl adjacent to an activating group) is 1. The average molecular weight is 264 g/mol. The zero-order chi connectivity index (χ0) is 13.9. The van der Waals surface area contributed by atoms with Crippen LogP contribution in [0, 0.1) is 6.92 Å². The number of hydrogen-bond donors (Lipinski definition) is 1. The van der Waals surface area contributed by atoms with E-state index in [1.54, 1.807) is 7.11 Å². The summed E-state index contributed by atoms with van der Waals surface area (Å²) in [6, 6.07) is 1.85. The Balaban J connectivity index is 2.07. The number of methoxy groups -OCH3 is 1. The first-order valence-corrected chi connectivity index (χ1v) is 6.87. The predicted octanol–water partition coefficient (Wildman–Crippen LogP) is 2.08. The van der Waals surface area contributed by atoms with Gasteiger partial charge in [0.25, 0.3) is 0 Å². The van der Waals surface area contributed by atoms with E-state index < -0.39 is 0 Å². The Hall–Kier alpha value is -1.36. The van der Waals surface area contributed by atoms with Crippen molar-refractivity contribution < 1.29 is 4.74 Å². The summed E-state index contributed by atoms with van der Waals surface area (Å²) in [7, 11) is 5.96. The molecular formula is C14H24N4O. The molecule has 19 heavy (non-hydrogen) atoms. The minimum Gasteiger partial charge on any atom is -0.481 e. The molecule has 5 heteroatoms. The Morgan fingerprint density at radius 2 is 2.00 bits per heavy atom. The highest BCUT2D eigenvalue weighted by Gasteiger charge is 2.35. The minimum atomic E-state index is 0.256. The van der Waals surface area contributed by atoms with Gasteiger partial charge in [0.1, 0.15) is 11.6 Å². The lowest BCUT2D eigenvalue weighted by atomic mass is 9.96. The van der Waals surface area contributed by atoms with Crippen LogP contribution in [0.25, 0.3) is 0 Å². The highest BCUT2D eigenvalue weighted by molar-refractivity contribution is 5.39. The van der Waals surface area contributed by atoms with Crippen molar-refractivity contribution in [3.05, 3.63) is 11.9 Å². The molecule has 1 aliphatic carbocycles. The van der Waals surface area contributed by atoms with Gasteiger partial charge in [-0.2, -0.15) is 4.98 Å². The van der Waals surface area contributed by atoms with Crippen LogP contribution >= 0.6 is 0 Å². The van der Waals surface area contributed by atoms with Gasteiger partial charge in [0.2, 0.25) is 5.88 Å². The zero-order valence-corrected chi connectivity index (χ0v) is 12.4. The van der Waals surface area contributed by atoms with Crippen LogP contribution in [0.15, 0.2) is 6.07 Å². The Kier molecular flexibility index (Phi) is 4.24. The lowest BCUT2D eigenvalue weighted by molar-refractivity contribution is 0.172. The van der Waals surface area contributed by atoms with Crippen molar-refractivity contribution in [1.29, 1.82) is 0 Å². The van der Waals surface area contributed by atoms with Gasteiger partial charge in [0.15, 0.2) is 0 Å². The number of nitrogens with one attached hydrogen (secondary N) is 1. The Morgan fingerprint density at radius 3 is 2.58 bits per heavy atom. The van der Waals surface area contributed by atoms with Crippen molar-refractivity contribution in [2.75, 3.05) is 33.1 Å². The van der Waals surface area contributed by atoms with E-state index in [1.165, 1.54) is 25.7 Å². The maximum atomic E-state index is 5.18. The lowest BCUT2D eigenvalue weighted by Gasteiger charge is -2.36. The molecule has 0 saturated heterocycles. The fourth-order valence-electron chi connectivity index (χ4n) is 2.81. The summed E-state index contributed by atoms with van der Waals surface area (Å²) >= 11 is 0. The Labute approximate surface area is 115 Å². The molecule has 1 aromatic heterocycles. The number of anilines is 1. The van der Waals surface area contributed by atoms with Crippen LogP contribution in [0.2, 0.25) is 0 Å². The normalized spacial score (nSPS) is 17.7. The van der Waals surface area contributed by atoms with E-state index in [-0.39, 0.29) is 5.54 Å². The van der Waals surface area contributed by atoms with Crippen molar-refractivity contribution in [3.8, 4) is 5.88 Å². The summed E-state index contributed by atoms with van der Waals surface area (Å²) in [6.45, 7) is 2.80. The van der Waals surface area contributed by atoms with Crippen LogP contribution in [0.5, 0.6) is 5.88 Å². The molecule has 1 fully saturated rings. The van der Waals surface area contributed by atoms with Crippen LogP contribution in [-0.2, 0) is 0 Å². The number of aryl methyl sites for hydroxylation is 1. The van der Waals surface area contributed by atoms with Crippen LogP contribution in [0.4, 0.5) is 5.82 Å². The highest BCUT2D eigenvalue weighted by atomic mass is 16.5. The molecule has 1 heterocycles. The molecule has 0 spiro atoms. The van der Waals surface area contributed by atoms with Crippen LogP contribution in [-0.4, -0.2) is 48.2 Å². The molecule has 1 N–H and O–H groups in total. The monoisotopic (exact) mass is 264 g/mol. The lowest BCUT2D eigenvalue weighted by Crippen LogP contribution is -2.47. The van der Waals surface area contributed by atoms with Gasteiger partial charge in [-0.3, -0.25) is 0 Å².